The average molecular weight is 509 g/mol. The van der Waals surface area contributed by atoms with Crippen molar-refractivity contribution in [2.45, 2.75) is 73.6 Å². The molecule has 3 rings (SSSR count). The van der Waals surface area contributed by atoms with E-state index in [0.29, 0.717) is 47.7 Å². The van der Waals surface area contributed by atoms with Crippen molar-refractivity contribution in [2.75, 3.05) is 6.61 Å². The fourth-order valence-corrected chi connectivity index (χ4v) is 4.37. The number of pyridine rings is 1. The maximum Gasteiger partial charge on any atom is 0.405 e. The number of fused-ring (bicyclic) bond motifs is 1. The number of unbranched alkanes of at least 4 members (excludes halogenated alkanes) is 1. The minimum atomic E-state index is -1.15. The maximum absolute atomic E-state index is 13.9. The summed E-state index contributed by atoms with van der Waals surface area (Å²) in [6, 6.07) is 14.6. The fourth-order valence-electron chi connectivity index (χ4n) is 4.37. The number of carboxylic acid groups (broad SMARTS) is 1. The highest BCUT2D eigenvalue weighted by atomic mass is 16.5. The minimum absolute atomic E-state index is 0.163. The summed E-state index contributed by atoms with van der Waals surface area (Å²) in [6.07, 6.45) is 0.629. The van der Waals surface area contributed by atoms with E-state index in [-0.39, 0.29) is 11.5 Å². The third-order valence-corrected chi connectivity index (χ3v) is 6.18. The van der Waals surface area contributed by atoms with Crippen LogP contribution in [0.1, 0.15) is 71.7 Å². The Bertz CT molecular complexity index is 1260. The molecule has 1 aromatic heterocycles. The molecule has 1 unspecified atom stereocenters. The van der Waals surface area contributed by atoms with Crippen LogP contribution in [0, 0.1) is 11.3 Å². The van der Waals surface area contributed by atoms with Crippen LogP contribution >= 0.6 is 0 Å². The summed E-state index contributed by atoms with van der Waals surface area (Å²) in [4.78, 5) is 25.8. The van der Waals surface area contributed by atoms with Crippen LogP contribution in [-0.4, -0.2) is 22.4 Å². The van der Waals surface area contributed by atoms with Crippen molar-refractivity contribution in [3.8, 4) is 11.5 Å². The van der Waals surface area contributed by atoms with Gasteiger partial charge in [0.25, 0.3) is 5.56 Å². The number of rotatable bonds is 11. The van der Waals surface area contributed by atoms with Crippen molar-refractivity contribution >= 4 is 16.9 Å². The molecule has 2 aromatic carbocycles. The van der Waals surface area contributed by atoms with Gasteiger partial charge in [0.1, 0.15) is 18.1 Å². The van der Waals surface area contributed by atoms with Gasteiger partial charge >= 0.3 is 6.09 Å². The van der Waals surface area contributed by atoms with Crippen LogP contribution < -0.4 is 20.3 Å². The number of carbonyl (C=O) groups is 1. The lowest BCUT2D eigenvalue weighted by Gasteiger charge is -2.34. The maximum atomic E-state index is 13.9. The van der Waals surface area contributed by atoms with Crippen molar-refractivity contribution in [1.29, 1.82) is 0 Å². The lowest BCUT2D eigenvalue weighted by Crippen LogP contribution is -2.40. The van der Waals surface area contributed by atoms with Crippen LogP contribution in [0.3, 0.4) is 0 Å². The van der Waals surface area contributed by atoms with Gasteiger partial charge in [0.05, 0.1) is 23.7 Å². The predicted molar refractivity (Wildman–Crippen MR) is 148 cm³/mol. The number of nitrogens with zero attached hydrogens (tertiary/aromatic N) is 1. The molecule has 0 bridgehead atoms. The number of hydrogen-bond acceptors (Lipinski definition) is 4. The van der Waals surface area contributed by atoms with Crippen LogP contribution in [0.5, 0.6) is 11.5 Å². The van der Waals surface area contributed by atoms with E-state index in [4.69, 9.17) is 9.47 Å². The number of amides is 1. The Morgan fingerprint density at radius 3 is 2.35 bits per heavy atom. The Hall–Kier alpha value is -3.48. The molecule has 0 spiro atoms. The van der Waals surface area contributed by atoms with Crippen LogP contribution in [0.25, 0.3) is 10.8 Å². The van der Waals surface area contributed by atoms with Gasteiger partial charge in [-0.25, -0.2) is 4.79 Å². The molecular weight excluding hydrogens is 468 g/mol. The highest BCUT2D eigenvalue weighted by Gasteiger charge is 2.35. The summed E-state index contributed by atoms with van der Waals surface area (Å²) in [7, 11) is 0. The van der Waals surface area contributed by atoms with Gasteiger partial charge < -0.3 is 24.5 Å². The van der Waals surface area contributed by atoms with Gasteiger partial charge in [-0.05, 0) is 41.5 Å². The second kappa shape index (κ2) is 12.2. The molecule has 0 fully saturated rings. The number of ether oxygens (including phenoxy) is 2. The Kier molecular flexibility index (Phi) is 9.24. The first-order valence-corrected chi connectivity index (χ1v) is 13.0. The molecule has 37 heavy (non-hydrogen) atoms. The molecule has 0 saturated carbocycles. The smallest absolute Gasteiger partial charge is 0.405 e. The molecule has 1 atom stereocenters. The molecule has 1 amide bonds. The molecule has 1 heterocycles. The molecule has 0 radical (unpaired) electrons. The highest BCUT2D eigenvalue weighted by Crippen LogP contribution is 2.41. The zero-order valence-electron chi connectivity index (χ0n) is 22.8. The van der Waals surface area contributed by atoms with Crippen molar-refractivity contribution in [3.05, 3.63) is 70.1 Å². The molecular formula is C30H40N2O5. The molecule has 200 valence electrons. The van der Waals surface area contributed by atoms with Gasteiger partial charge in [0, 0.05) is 11.9 Å². The highest BCUT2D eigenvalue weighted by molar-refractivity contribution is 5.90. The predicted octanol–water partition coefficient (Wildman–Crippen LogP) is 6.77. The molecule has 7 heteroatoms. The van der Waals surface area contributed by atoms with Crippen molar-refractivity contribution in [3.63, 3.8) is 0 Å². The third kappa shape index (κ3) is 7.06. The summed E-state index contributed by atoms with van der Waals surface area (Å²) >= 11 is 0. The molecule has 0 saturated heterocycles. The Morgan fingerprint density at radius 2 is 1.76 bits per heavy atom. The van der Waals surface area contributed by atoms with Gasteiger partial charge in [-0.15, -0.1) is 0 Å². The zero-order chi connectivity index (χ0) is 27.2. The molecule has 7 nitrogen and oxygen atoms in total. The second-order valence-corrected chi connectivity index (χ2v) is 11.0. The number of benzene rings is 2. The second-order valence-electron chi connectivity index (χ2n) is 11.0. The van der Waals surface area contributed by atoms with E-state index in [1.165, 1.54) is 0 Å². The van der Waals surface area contributed by atoms with Crippen LogP contribution in [0.2, 0.25) is 0 Å². The standard InChI is InChI=1S/C30H40N2O5/c1-7-8-16-36-26-24-17-22(37-19-21-12-10-9-11-13-21)14-15-23(24)28(33)32(18-20(2)3)25(26)27(30(4,5)6)31-29(34)35/h9-15,17,20,27,31H,7-8,16,18-19H2,1-6H3,(H,34,35). The zero-order valence-corrected chi connectivity index (χ0v) is 22.8. The topological polar surface area (TPSA) is 89.8 Å². The van der Waals surface area contributed by atoms with E-state index < -0.39 is 17.6 Å². The minimum Gasteiger partial charge on any atom is -0.491 e. The van der Waals surface area contributed by atoms with Gasteiger partial charge in [-0.1, -0.05) is 78.3 Å². The van der Waals surface area contributed by atoms with Gasteiger partial charge in [0.2, 0.25) is 0 Å². The first-order chi connectivity index (χ1) is 17.5. The van der Waals surface area contributed by atoms with E-state index in [0.717, 1.165) is 18.4 Å². The molecule has 0 aliphatic heterocycles. The van der Waals surface area contributed by atoms with Crippen LogP contribution in [0.15, 0.2) is 53.3 Å². The van der Waals surface area contributed by atoms with E-state index in [1.807, 2.05) is 71.0 Å². The summed E-state index contributed by atoms with van der Waals surface area (Å²) in [5.74, 6) is 1.31. The summed E-state index contributed by atoms with van der Waals surface area (Å²) in [5, 5.41) is 13.6. The van der Waals surface area contributed by atoms with E-state index in [1.54, 1.807) is 16.7 Å². The fraction of sp³-hybridized carbons (Fsp3) is 0.467. The number of nitrogens with one attached hydrogen (secondary N) is 1. The normalized spacial score (nSPS) is 12.5. The van der Waals surface area contributed by atoms with Crippen molar-refractivity contribution < 1.29 is 19.4 Å². The van der Waals surface area contributed by atoms with Gasteiger partial charge in [-0.3, -0.25) is 4.79 Å². The largest absolute Gasteiger partial charge is 0.491 e. The van der Waals surface area contributed by atoms with Gasteiger partial charge in [0.15, 0.2) is 0 Å². The number of hydrogen-bond donors (Lipinski definition) is 2. The summed E-state index contributed by atoms with van der Waals surface area (Å²) in [5.41, 5.74) is 0.894. The Labute approximate surface area is 219 Å². The van der Waals surface area contributed by atoms with E-state index in [9.17, 15) is 14.7 Å². The average Bonchev–Trinajstić information content (AvgIpc) is 2.84. The summed E-state index contributed by atoms with van der Waals surface area (Å²) < 4.78 is 14.2. The first kappa shape index (κ1) is 28.1. The van der Waals surface area contributed by atoms with Crippen LogP contribution in [-0.2, 0) is 13.2 Å². The van der Waals surface area contributed by atoms with E-state index in [2.05, 4.69) is 12.2 Å². The first-order valence-electron chi connectivity index (χ1n) is 13.0. The van der Waals surface area contributed by atoms with E-state index >= 15 is 0 Å². The van der Waals surface area contributed by atoms with Gasteiger partial charge in [-0.2, -0.15) is 0 Å². The molecule has 0 aliphatic carbocycles. The lowest BCUT2D eigenvalue weighted by atomic mass is 9.83. The van der Waals surface area contributed by atoms with Crippen LogP contribution in [0.4, 0.5) is 4.79 Å². The lowest BCUT2D eigenvalue weighted by molar-refractivity contribution is 0.170. The summed E-state index contributed by atoms with van der Waals surface area (Å²) in [6.45, 7) is 13.3. The molecule has 2 N–H and O–H groups in total. The SMILES string of the molecule is CCCCOc1c(C(NC(=O)O)C(C)(C)C)n(CC(C)C)c(=O)c2ccc(OCc3ccccc3)cc12. The Morgan fingerprint density at radius 1 is 1.05 bits per heavy atom. The third-order valence-electron chi connectivity index (χ3n) is 6.18. The quantitative estimate of drug-likeness (QED) is 0.279. The Balaban J connectivity index is 2.27. The van der Waals surface area contributed by atoms with Crippen molar-refractivity contribution in [2.24, 2.45) is 11.3 Å². The number of aromatic nitrogens is 1. The monoisotopic (exact) mass is 508 g/mol. The molecule has 3 aromatic rings. The molecule has 0 aliphatic rings. The van der Waals surface area contributed by atoms with Crippen molar-refractivity contribution in [1.82, 2.24) is 9.88 Å².